The van der Waals surface area contributed by atoms with Crippen LogP contribution >= 0.6 is 0 Å². The monoisotopic (exact) mass is 329 g/mol. The highest BCUT2D eigenvalue weighted by atomic mass is 16.7. The molecule has 0 radical (unpaired) electrons. The molecule has 3 aliphatic rings. The maximum Gasteiger partial charge on any atom is 0.249 e. The molecular formula is C19H27N3O2. The molecule has 3 heterocycles. The van der Waals surface area contributed by atoms with E-state index in [0.29, 0.717) is 6.61 Å². The van der Waals surface area contributed by atoms with Gasteiger partial charge in [0.05, 0.1) is 6.61 Å². The summed E-state index contributed by atoms with van der Waals surface area (Å²) in [6.07, 6.45) is 10.4. The minimum absolute atomic E-state index is 0.148. The first-order chi connectivity index (χ1) is 11.8. The van der Waals surface area contributed by atoms with Crippen LogP contribution in [0.4, 0.5) is 0 Å². The second kappa shape index (κ2) is 6.81. The van der Waals surface area contributed by atoms with Gasteiger partial charge in [-0.25, -0.2) is 5.06 Å². The fourth-order valence-corrected chi connectivity index (χ4v) is 4.83. The zero-order valence-corrected chi connectivity index (χ0v) is 14.3. The van der Waals surface area contributed by atoms with Crippen molar-refractivity contribution >= 4 is 5.91 Å². The molecule has 1 saturated carbocycles. The number of likely N-dealkylation sites (tertiary alicyclic amines) is 1. The molecule has 2 aliphatic heterocycles. The van der Waals surface area contributed by atoms with E-state index in [4.69, 9.17) is 4.84 Å². The third kappa shape index (κ3) is 3.07. The van der Waals surface area contributed by atoms with Crippen LogP contribution in [0.2, 0.25) is 0 Å². The Kier molecular flexibility index (Phi) is 4.55. The van der Waals surface area contributed by atoms with Gasteiger partial charge in [-0.2, -0.15) is 0 Å². The lowest BCUT2D eigenvalue weighted by atomic mass is 9.76. The standard InChI is InChI=1S/C19H27N3O2/c23-18(22-10-1-2-12-24-22)17-6-3-7-19(17)8-11-21(15-19)14-16-5-4-9-20-13-16/h4-5,9,13,17H,1-3,6-8,10-12,14-15H2. The number of nitrogens with zero attached hydrogens (tertiary/aromatic N) is 3. The van der Waals surface area contributed by atoms with E-state index in [9.17, 15) is 4.79 Å². The zero-order valence-electron chi connectivity index (χ0n) is 14.3. The Hall–Kier alpha value is -1.46. The largest absolute Gasteiger partial charge is 0.298 e. The van der Waals surface area contributed by atoms with Gasteiger partial charge >= 0.3 is 0 Å². The fourth-order valence-electron chi connectivity index (χ4n) is 4.83. The third-order valence-corrected chi connectivity index (χ3v) is 6.05. The summed E-state index contributed by atoms with van der Waals surface area (Å²) in [5.74, 6) is 0.393. The van der Waals surface area contributed by atoms with Crippen LogP contribution in [0.15, 0.2) is 24.5 Å². The summed E-state index contributed by atoms with van der Waals surface area (Å²) in [6.45, 7) is 4.52. The molecule has 1 aliphatic carbocycles. The van der Waals surface area contributed by atoms with Crippen LogP contribution in [-0.2, 0) is 16.2 Å². The number of pyridine rings is 1. The van der Waals surface area contributed by atoms with E-state index < -0.39 is 0 Å². The predicted octanol–water partition coefficient (Wildman–Crippen LogP) is 2.63. The highest BCUT2D eigenvalue weighted by molar-refractivity contribution is 5.79. The van der Waals surface area contributed by atoms with Crippen molar-refractivity contribution in [3.63, 3.8) is 0 Å². The average Bonchev–Trinajstić information content (AvgIpc) is 3.23. The topological polar surface area (TPSA) is 45.7 Å². The zero-order chi connectivity index (χ0) is 16.4. The van der Waals surface area contributed by atoms with Gasteiger partial charge in [0.1, 0.15) is 0 Å². The Morgan fingerprint density at radius 3 is 3.04 bits per heavy atom. The van der Waals surface area contributed by atoms with Crippen LogP contribution in [-0.4, -0.2) is 47.1 Å². The van der Waals surface area contributed by atoms with Crippen molar-refractivity contribution in [2.45, 2.75) is 45.1 Å². The molecule has 3 fully saturated rings. The molecule has 1 spiro atoms. The lowest BCUT2D eigenvalue weighted by Gasteiger charge is -2.35. The molecule has 0 bridgehead atoms. The van der Waals surface area contributed by atoms with Crippen LogP contribution in [0, 0.1) is 11.3 Å². The maximum absolute atomic E-state index is 13.0. The maximum atomic E-state index is 13.0. The summed E-state index contributed by atoms with van der Waals surface area (Å²) in [6, 6.07) is 4.13. The number of carbonyl (C=O) groups excluding carboxylic acids is 1. The molecule has 1 amide bonds. The molecule has 0 aromatic carbocycles. The average molecular weight is 329 g/mol. The summed E-state index contributed by atoms with van der Waals surface area (Å²) in [5, 5.41) is 1.67. The minimum atomic E-state index is 0.148. The molecule has 1 aromatic rings. The first-order valence-corrected chi connectivity index (χ1v) is 9.32. The molecule has 2 unspecified atom stereocenters. The smallest absolute Gasteiger partial charge is 0.249 e. The summed E-state index contributed by atoms with van der Waals surface area (Å²) in [4.78, 5) is 25.4. The van der Waals surface area contributed by atoms with Gasteiger partial charge in [-0.15, -0.1) is 0 Å². The van der Waals surface area contributed by atoms with Gasteiger partial charge in [0.15, 0.2) is 0 Å². The number of amides is 1. The Morgan fingerprint density at radius 2 is 2.25 bits per heavy atom. The van der Waals surface area contributed by atoms with Gasteiger partial charge in [-0.1, -0.05) is 12.5 Å². The van der Waals surface area contributed by atoms with Gasteiger partial charge in [-0.05, 0) is 55.7 Å². The molecule has 2 saturated heterocycles. The van der Waals surface area contributed by atoms with Gasteiger partial charge in [-0.3, -0.25) is 19.5 Å². The van der Waals surface area contributed by atoms with E-state index in [-0.39, 0.29) is 17.2 Å². The van der Waals surface area contributed by atoms with Crippen LogP contribution in [0.1, 0.15) is 44.1 Å². The van der Waals surface area contributed by atoms with Crippen LogP contribution in [0.5, 0.6) is 0 Å². The molecule has 130 valence electrons. The third-order valence-electron chi connectivity index (χ3n) is 6.05. The number of hydrogen-bond acceptors (Lipinski definition) is 4. The van der Waals surface area contributed by atoms with Crippen molar-refractivity contribution in [1.29, 1.82) is 0 Å². The van der Waals surface area contributed by atoms with E-state index in [1.807, 2.05) is 18.5 Å². The number of carbonyl (C=O) groups is 1. The van der Waals surface area contributed by atoms with Crippen molar-refractivity contribution in [2.24, 2.45) is 11.3 Å². The summed E-state index contributed by atoms with van der Waals surface area (Å²) >= 11 is 0. The Balaban J connectivity index is 1.43. The van der Waals surface area contributed by atoms with Crippen molar-refractivity contribution in [1.82, 2.24) is 14.9 Å². The molecule has 24 heavy (non-hydrogen) atoms. The quantitative estimate of drug-likeness (QED) is 0.855. The summed E-state index contributed by atoms with van der Waals surface area (Å²) in [7, 11) is 0. The molecule has 2 atom stereocenters. The van der Waals surface area contributed by atoms with Crippen molar-refractivity contribution in [3.05, 3.63) is 30.1 Å². The Bertz CT molecular complexity index is 573. The van der Waals surface area contributed by atoms with E-state index in [0.717, 1.165) is 51.9 Å². The summed E-state index contributed by atoms with van der Waals surface area (Å²) < 4.78 is 0. The second-order valence-corrected chi connectivity index (χ2v) is 7.61. The molecule has 1 aromatic heterocycles. The van der Waals surface area contributed by atoms with E-state index in [1.165, 1.54) is 18.4 Å². The van der Waals surface area contributed by atoms with Gasteiger partial charge < -0.3 is 0 Å². The van der Waals surface area contributed by atoms with E-state index >= 15 is 0 Å². The molecule has 4 rings (SSSR count). The van der Waals surface area contributed by atoms with Crippen LogP contribution < -0.4 is 0 Å². The van der Waals surface area contributed by atoms with Gasteiger partial charge in [0.2, 0.25) is 5.91 Å². The van der Waals surface area contributed by atoms with Crippen LogP contribution in [0.3, 0.4) is 0 Å². The molecular weight excluding hydrogens is 302 g/mol. The Morgan fingerprint density at radius 1 is 1.29 bits per heavy atom. The lowest BCUT2D eigenvalue weighted by molar-refractivity contribution is -0.204. The lowest BCUT2D eigenvalue weighted by Crippen LogP contribution is -2.45. The summed E-state index contributed by atoms with van der Waals surface area (Å²) in [5.41, 5.74) is 1.43. The SMILES string of the molecule is O=C(C1CCCC12CCN(Cc1cccnc1)C2)N1CCCCO1. The van der Waals surface area contributed by atoms with E-state index in [2.05, 4.69) is 16.0 Å². The van der Waals surface area contributed by atoms with Crippen molar-refractivity contribution in [3.8, 4) is 0 Å². The molecule has 5 heteroatoms. The highest BCUT2D eigenvalue weighted by Gasteiger charge is 2.51. The highest BCUT2D eigenvalue weighted by Crippen LogP contribution is 2.50. The predicted molar refractivity (Wildman–Crippen MR) is 90.8 cm³/mol. The number of aromatic nitrogens is 1. The van der Waals surface area contributed by atoms with Crippen molar-refractivity contribution < 1.29 is 9.63 Å². The second-order valence-electron chi connectivity index (χ2n) is 7.61. The number of rotatable bonds is 3. The normalized spacial score (nSPS) is 31.0. The van der Waals surface area contributed by atoms with Crippen LogP contribution in [0.25, 0.3) is 0 Å². The van der Waals surface area contributed by atoms with Crippen molar-refractivity contribution in [2.75, 3.05) is 26.2 Å². The first-order valence-electron chi connectivity index (χ1n) is 9.32. The van der Waals surface area contributed by atoms with Gasteiger partial charge in [0, 0.05) is 37.9 Å². The fraction of sp³-hybridized carbons (Fsp3) is 0.684. The molecule has 5 nitrogen and oxygen atoms in total. The number of hydroxylamine groups is 2. The number of hydrogen-bond donors (Lipinski definition) is 0. The van der Waals surface area contributed by atoms with E-state index in [1.54, 1.807) is 5.06 Å². The molecule has 0 N–H and O–H groups in total. The van der Waals surface area contributed by atoms with Gasteiger partial charge in [0.25, 0.3) is 0 Å². The minimum Gasteiger partial charge on any atom is -0.298 e. The first kappa shape index (κ1) is 16.0. The Labute approximate surface area is 143 Å².